The second kappa shape index (κ2) is 7.15. The van der Waals surface area contributed by atoms with Gasteiger partial charge in [0.15, 0.2) is 0 Å². The number of benzene rings is 1. The molecule has 1 saturated heterocycles. The van der Waals surface area contributed by atoms with E-state index in [0.29, 0.717) is 11.1 Å². The van der Waals surface area contributed by atoms with Crippen LogP contribution in [0.5, 0.6) is 0 Å². The number of nitrogens with one attached hydrogen (secondary N) is 3. The molecule has 1 atom stereocenters. The zero-order chi connectivity index (χ0) is 18.0. The van der Waals surface area contributed by atoms with Crippen LogP contribution < -0.4 is 21.7 Å². The summed E-state index contributed by atoms with van der Waals surface area (Å²) in [6.07, 6.45) is 7.33. The highest BCUT2D eigenvalue weighted by Crippen LogP contribution is 2.27. The van der Waals surface area contributed by atoms with Crippen molar-refractivity contribution in [2.75, 3.05) is 13.1 Å². The Hall–Kier alpha value is -2.28. The Labute approximate surface area is 157 Å². The van der Waals surface area contributed by atoms with Gasteiger partial charge in [-0.3, -0.25) is 5.73 Å². The highest BCUT2D eigenvalue weighted by Gasteiger charge is 2.32. The van der Waals surface area contributed by atoms with Gasteiger partial charge < -0.3 is 20.4 Å². The smallest absolute Gasteiger partial charge is 0.211 e. The summed E-state index contributed by atoms with van der Waals surface area (Å²) < 4.78 is 5.25. The number of rotatable bonds is 3. The van der Waals surface area contributed by atoms with Crippen LogP contribution >= 0.6 is 11.6 Å². The van der Waals surface area contributed by atoms with Gasteiger partial charge >= 0.3 is 0 Å². The van der Waals surface area contributed by atoms with Crippen LogP contribution in [-0.2, 0) is 5.79 Å². The van der Waals surface area contributed by atoms with E-state index in [-0.39, 0.29) is 0 Å². The molecule has 0 aliphatic carbocycles. The van der Waals surface area contributed by atoms with Crippen molar-refractivity contribution in [3.8, 4) is 0 Å². The fourth-order valence-corrected chi connectivity index (χ4v) is 3.49. The Kier molecular flexibility index (Phi) is 4.72. The summed E-state index contributed by atoms with van der Waals surface area (Å²) in [5.74, 6) is -0.313. The second-order valence-electron chi connectivity index (χ2n) is 6.62. The summed E-state index contributed by atoms with van der Waals surface area (Å²) in [5, 5.41) is 10.8. The molecule has 1 fully saturated rings. The first-order valence-corrected chi connectivity index (χ1v) is 9.15. The maximum atomic E-state index is 6.58. The summed E-state index contributed by atoms with van der Waals surface area (Å²) in [5.41, 5.74) is 9.27. The summed E-state index contributed by atoms with van der Waals surface area (Å²) in [6.45, 7) is 1.99. The fraction of sp³-hybridized carbons (Fsp3) is 0.316. The average Bonchev–Trinajstić information content (AvgIpc) is 3.17. The van der Waals surface area contributed by atoms with Gasteiger partial charge in [0.1, 0.15) is 5.84 Å². The number of halogens is 1. The molecule has 4 rings (SSSR count). The number of nitrogens with zero attached hydrogens (tertiary/aromatic N) is 1. The van der Waals surface area contributed by atoms with Crippen LogP contribution in [0.1, 0.15) is 24.0 Å². The normalized spacial score (nSPS) is 23.8. The number of hydrogen-bond donors (Lipinski definition) is 4. The molecule has 2 aromatic rings. The molecule has 26 heavy (non-hydrogen) atoms. The minimum Gasteiger partial charge on any atom is -0.472 e. The number of piperidine rings is 1. The predicted octanol–water partition coefficient (Wildman–Crippen LogP) is 2.39. The second-order valence-corrected chi connectivity index (χ2v) is 7.06. The highest BCUT2D eigenvalue weighted by molar-refractivity contribution is 6.30. The Morgan fingerprint density at radius 2 is 2.12 bits per heavy atom. The quantitative estimate of drug-likeness (QED) is 0.665. The number of furan rings is 1. The third-order valence-corrected chi connectivity index (χ3v) is 4.99. The van der Waals surface area contributed by atoms with Crippen molar-refractivity contribution < 1.29 is 4.42 Å². The summed E-state index contributed by atoms with van der Waals surface area (Å²) >= 11 is 6.15. The molecule has 0 amide bonds. The van der Waals surface area contributed by atoms with E-state index in [0.717, 1.165) is 48.5 Å². The number of aliphatic imine (C=N–C) groups is 1. The van der Waals surface area contributed by atoms with Crippen LogP contribution in [0.15, 0.2) is 58.5 Å². The third kappa shape index (κ3) is 3.49. The highest BCUT2D eigenvalue weighted by atomic mass is 35.5. The molecule has 2 aliphatic rings. The minimum absolute atomic E-state index is 0.354. The van der Waals surface area contributed by atoms with E-state index in [2.05, 4.69) is 16.0 Å². The molecule has 1 aromatic carbocycles. The molecule has 3 heterocycles. The summed E-state index contributed by atoms with van der Waals surface area (Å²) in [4.78, 5) is 4.84. The molecular formula is C19H22ClN5O. The fourth-order valence-electron chi connectivity index (χ4n) is 3.30. The lowest BCUT2D eigenvalue weighted by molar-refractivity contribution is 0.398. The van der Waals surface area contributed by atoms with Gasteiger partial charge in [-0.05, 0) is 44.1 Å². The Bertz CT molecular complexity index is 826. The molecule has 0 spiro atoms. The minimum atomic E-state index is -1.08. The van der Waals surface area contributed by atoms with Crippen LogP contribution in [0, 0.1) is 0 Å². The molecule has 5 N–H and O–H groups in total. The summed E-state index contributed by atoms with van der Waals surface area (Å²) in [7, 11) is 0. The zero-order valence-corrected chi connectivity index (χ0v) is 15.1. The lowest BCUT2D eigenvalue weighted by Gasteiger charge is -2.34. The molecule has 0 bridgehead atoms. The van der Waals surface area contributed by atoms with Gasteiger partial charge in [-0.1, -0.05) is 23.7 Å². The van der Waals surface area contributed by atoms with E-state index < -0.39 is 5.79 Å². The molecule has 1 unspecified atom stereocenters. The third-order valence-electron chi connectivity index (χ3n) is 4.76. The van der Waals surface area contributed by atoms with E-state index in [1.54, 1.807) is 12.5 Å². The lowest BCUT2D eigenvalue weighted by Crippen LogP contribution is -2.52. The van der Waals surface area contributed by atoms with Crippen molar-refractivity contribution in [2.45, 2.75) is 24.7 Å². The van der Waals surface area contributed by atoms with Gasteiger partial charge in [0.2, 0.25) is 5.79 Å². The first-order chi connectivity index (χ1) is 12.6. The number of nitrogens with two attached hydrogens (primary N) is 1. The van der Waals surface area contributed by atoms with E-state index in [1.807, 2.05) is 36.5 Å². The van der Waals surface area contributed by atoms with Crippen LogP contribution in [0.4, 0.5) is 0 Å². The molecule has 0 saturated carbocycles. The maximum absolute atomic E-state index is 6.58. The van der Waals surface area contributed by atoms with Gasteiger partial charge in [0.25, 0.3) is 0 Å². The van der Waals surface area contributed by atoms with Gasteiger partial charge in [0, 0.05) is 34.0 Å². The van der Waals surface area contributed by atoms with Crippen molar-refractivity contribution >= 4 is 23.0 Å². The Morgan fingerprint density at radius 1 is 1.27 bits per heavy atom. The van der Waals surface area contributed by atoms with Crippen molar-refractivity contribution in [2.24, 2.45) is 10.7 Å². The van der Waals surface area contributed by atoms with Crippen molar-refractivity contribution in [1.82, 2.24) is 16.0 Å². The molecule has 1 aromatic heterocycles. The Morgan fingerprint density at radius 3 is 2.85 bits per heavy atom. The maximum Gasteiger partial charge on any atom is 0.211 e. The first kappa shape index (κ1) is 17.1. The van der Waals surface area contributed by atoms with E-state index in [9.17, 15) is 0 Å². The molecule has 7 heteroatoms. The van der Waals surface area contributed by atoms with Crippen molar-refractivity contribution in [3.05, 3.63) is 65.2 Å². The summed E-state index contributed by atoms with van der Waals surface area (Å²) in [6, 6.07) is 9.71. The van der Waals surface area contributed by atoms with E-state index in [4.69, 9.17) is 26.7 Å². The topological polar surface area (TPSA) is 87.6 Å². The van der Waals surface area contributed by atoms with Gasteiger partial charge in [0.05, 0.1) is 12.5 Å². The monoisotopic (exact) mass is 371 g/mol. The lowest BCUT2D eigenvalue weighted by atomic mass is 10.0. The standard InChI is InChI=1S/C19H22ClN5O/c20-15-3-1-2-14(10-15)19(21)23-11-17(13-6-9-26-12-13)18(25-19)24-16-4-7-22-8-5-16/h1-3,6,9-12,16,22-23H,4-5,7-8,21H2,(H,24,25). The molecular weight excluding hydrogens is 350 g/mol. The van der Waals surface area contributed by atoms with Gasteiger partial charge in [-0.2, -0.15) is 0 Å². The van der Waals surface area contributed by atoms with E-state index in [1.165, 1.54) is 0 Å². The van der Waals surface area contributed by atoms with Crippen LogP contribution in [0.3, 0.4) is 0 Å². The number of amidine groups is 1. The van der Waals surface area contributed by atoms with Crippen molar-refractivity contribution in [3.63, 3.8) is 0 Å². The Balaban J connectivity index is 1.68. The molecule has 6 nitrogen and oxygen atoms in total. The molecule has 136 valence electrons. The van der Waals surface area contributed by atoms with Crippen LogP contribution in [-0.4, -0.2) is 25.0 Å². The zero-order valence-electron chi connectivity index (χ0n) is 14.3. The van der Waals surface area contributed by atoms with Crippen LogP contribution in [0.25, 0.3) is 5.57 Å². The van der Waals surface area contributed by atoms with Gasteiger partial charge in [-0.15, -0.1) is 0 Å². The largest absolute Gasteiger partial charge is 0.472 e. The molecule has 0 radical (unpaired) electrons. The van der Waals surface area contributed by atoms with Crippen LogP contribution in [0.2, 0.25) is 5.02 Å². The predicted molar refractivity (Wildman–Crippen MR) is 104 cm³/mol. The van der Waals surface area contributed by atoms with Crippen molar-refractivity contribution in [1.29, 1.82) is 0 Å². The SMILES string of the molecule is NC1(c2cccc(Cl)c2)N=C(NC2CCNCC2)C(c2ccoc2)=CN1. The number of hydrogen-bond acceptors (Lipinski definition) is 6. The van der Waals surface area contributed by atoms with E-state index >= 15 is 0 Å². The average molecular weight is 372 g/mol. The molecule has 2 aliphatic heterocycles. The van der Waals surface area contributed by atoms with Gasteiger partial charge in [-0.25, -0.2) is 4.99 Å². The first-order valence-electron chi connectivity index (χ1n) is 8.77.